The van der Waals surface area contributed by atoms with E-state index >= 15 is 0 Å². The lowest BCUT2D eigenvalue weighted by Gasteiger charge is -2.28. The normalized spacial score (nSPS) is 13.2. The number of carboxylic acid groups (broad SMARTS) is 2. The highest BCUT2D eigenvalue weighted by Crippen LogP contribution is 2.26. The minimum atomic E-state index is -5.08. The minimum Gasteiger partial charge on any atom is -0.481 e. The lowest BCUT2D eigenvalue weighted by Crippen LogP contribution is -2.33. The number of fused-ring (bicyclic) bond motifs is 1. The van der Waals surface area contributed by atoms with Crippen LogP contribution < -0.4 is 4.74 Å². The summed E-state index contributed by atoms with van der Waals surface area (Å²) in [6.45, 7) is 5.72. The molecule has 0 unspecified atom stereocenters. The predicted octanol–water partition coefficient (Wildman–Crippen LogP) is 4.54. The van der Waals surface area contributed by atoms with E-state index in [0.717, 1.165) is 37.6 Å². The van der Waals surface area contributed by atoms with Crippen molar-refractivity contribution in [1.82, 2.24) is 19.4 Å². The number of hydrogen-bond donors (Lipinski definition) is 2. The fraction of sp³-hybridized carbons (Fsp3) is 0.333. The van der Waals surface area contributed by atoms with E-state index in [1.165, 1.54) is 16.8 Å². The number of pyridine rings is 1. The number of rotatable bonds is 4. The Morgan fingerprint density at radius 3 is 2.13 bits per heavy atom. The van der Waals surface area contributed by atoms with Crippen LogP contribution in [0.1, 0.15) is 17.0 Å². The van der Waals surface area contributed by atoms with Crippen molar-refractivity contribution in [2.75, 3.05) is 13.7 Å². The molecule has 0 amide bonds. The Hall–Kier alpha value is -4.14. The van der Waals surface area contributed by atoms with Crippen LogP contribution in [-0.2, 0) is 29.2 Å². The average molecular weight is 562 g/mol. The number of halogens is 6. The molecular weight excluding hydrogens is 538 g/mol. The topological polar surface area (TPSA) is 118 Å². The lowest BCUT2D eigenvalue weighted by molar-refractivity contribution is -0.193. The second-order valence-corrected chi connectivity index (χ2v) is 8.07. The van der Waals surface area contributed by atoms with E-state index in [-0.39, 0.29) is 0 Å². The van der Waals surface area contributed by atoms with Crippen molar-refractivity contribution in [3.63, 3.8) is 0 Å². The molecule has 0 atom stereocenters. The third-order valence-corrected chi connectivity index (χ3v) is 5.18. The molecule has 0 aliphatic carbocycles. The predicted molar refractivity (Wildman–Crippen MR) is 125 cm³/mol. The van der Waals surface area contributed by atoms with Crippen molar-refractivity contribution in [3.05, 3.63) is 65.7 Å². The number of ether oxygens (including phenoxy) is 1. The molecular formula is C24H24F6N4O5. The molecule has 2 N–H and O–H groups in total. The lowest BCUT2D eigenvalue weighted by atomic mass is 10.1. The van der Waals surface area contributed by atoms with Gasteiger partial charge in [-0.3, -0.25) is 4.90 Å². The molecule has 212 valence electrons. The molecule has 4 rings (SSSR count). The summed E-state index contributed by atoms with van der Waals surface area (Å²) in [5, 5.41) is 14.2. The van der Waals surface area contributed by atoms with Crippen molar-refractivity contribution < 1.29 is 50.9 Å². The number of hydrogen-bond acceptors (Lipinski definition) is 6. The summed E-state index contributed by atoms with van der Waals surface area (Å²) in [5.41, 5.74) is 4.83. The summed E-state index contributed by atoms with van der Waals surface area (Å²) in [5.74, 6) is -3.69. The van der Waals surface area contributed by atoms with Gasteiger partial charge in [0.05, 0.1) is 25.5 Å². The first-order chi connectivity index (χ1) is 18.1. The first-order valence-electron chi connectivity index (χ1n) is 11.0. The standard InChI is InChI=1S/C20H22N4O.2C2HF3O2/c1-15-5-3-6-16(11-15)18-12-22-19-14-23(9-10-24(18)19)13-17-7-4-8-21-20(17)25-2;2*3-2(4,5)1(6)7/h3-8,11-12H,9-10,13-14H2,1-2H3;2*(H,6,7). The van der Waals surface area contributed by atoms with E-state index in [4.69, 9.17) is 24.5 Å². The Bertz CT molecular complexity index is 1250. The van der Waals surface area contributed by atoms with Crippen molar-refractivity contribution in [3.8, 4) is 17.1 Å². The zero-order chi connectivity index (χ0) is 29.4. The van der Waals surface area contributed by atoms with Gasteiger partial charge in [-0.1, -0.05) is 29.8 Å². The second kappa shape index (κ2) is 13.1. The molecule has 15 heteroatoms. The van der Waals surface area contributed by atoms with Crippen LogP contribution in [0.15, 0.2) is 48.8 Å². The SMILES string of the molecule is COc1ncccc1CN1CCn2c(-c3cccc(C)c3)cnc2C1.O=C(O)C(F)(F)F.O=C(O)C(F)(F)F. The highest BCUT2D eigenvalue weighted by Gasteiger charge is 2.38. The third kappa shape index (κ3) is 9.28. The number of benzene rings is 1. The Labute approximate surface area is 218 Å². The largest absolute Gasteiger partial charge is 0.490 e. The average Bonchev–Trinajstić information content (AvgIpc) is 3.27. The number of carboxylic acids is 2. The zero-order valence-corrected chi connectivity index (χ0v) is 20.6. The van der Waals surface area contributed by atoms with E-state index in [1.807, 2.05) is 12.3 Å². The van der Waals surface area contributed by atoms with Crippen LogP contribution in [-0.4, -0.2) is 67.6 Å². The molecule has 3 heterocycles. The van der Waals surface area contributed by atoms with Crippen LogP contribution in [0.4, 0.5) is 26.3 Å². The Kier molecular flexibility index (Phi) is 10.4. The zero-order valence-electron chi connectivity index (χ0n) is 20.6. The number of methoxy groups -OCH3 is 1. The first-order valence-corrected chi connectivity index (χ1v) is 11.0. The van der Waals surface area contributed by atoms with Gasteiger partial charge < -0.3 is 19.5 Å². The van der Waals surface area contributed by atoms with E-state index in [0.29, 0.717) is 5.88 Å². The summed E-state index contributed by atoms with van der Waals surface area (Å²) >= 11 is 0. The van der Waals surface area contributed by atoms with Gasteiger partial charge in [-0.2, -0.15) is 26.3 Å². The molecule has 0 fully saturated rings. The molecule has 0 saturated carbocycles. The van der Waals surface area contributed by atoms with Crippen molar-refractivity contribution in [1.29, 1.82) is 0 Å². The molecule has 3 aromatic rings. The van der Waals surface area contributed by atoms with E-state index < -0.39 is 24.3 Å². The van der Waals surface area contributed by atoms with Gasteiger partial charge in [0.2, 0.25) is 5.88 Å². The molecule has 2 aromatic heterocycles. The van der Waals surface area contributed by atoms with Crippen LogP contribution in [0.5, 0.6) is 5.88 Å². The minimum absolute atomic E-state index is 0.705. The Balaban J connectivity index is 0.000000317. The number of imidazole rings is 1. The number of alkyl halides is 6. The quantitative estimate of drug-likeness (QED) is 0.445. The molecule has 1 aromatic carbocycles. The molecule has 1 aliphatic rings. The molecule has 1 aliphatic heterocycles. The van der Waals surface area contributed by atoms with Gasteiger partial charge in [-0.05, 0) is 19.1 Å². The first kappa shape index (κ1) is 31.1. The summed E-state index contributed by atoms with van der Waals surface area (Å²) < 4.78 is 71.2. The van der Waals surface area contributed by atoms with Gasteiger partial charge >= 0.3 is 24.3 Å². The van der Waals surface area contributed by atoms with Crippen molar-refractivity contribution in [2.24, 2.45) is 0 Å². The maximum Gasteiger partial charge on any atom is 0.490 e. The second-order valence-electron chi connectivity index (χ2n) is 8.07. The Morgan fingerprint density at radius 1 is 0.974 bits per heavy atom. The van der Waals surface area contributed by atoms with Gasteiger partial charge in [-0.25, -0.2) is 19.6 Å². The molecule has 0 bridgehead atoms. The molecule has 39 heavy (non-hydrogen) atoms. The monoisotopic (exact) mass is 562 g/mol. The highest BCUT2D eigenvalue weighted by molar-refractivity contribution is 5.73. The maximum atomic E-state index is 10.6. The maximum absolute atomic E-state index is 10.6. The van der Waals surface area contributed by atoms with Crippen molar-refractivity contribution >= 4 is 11.9 Å². The number of aromatic nitrogens is 3. The van der Waals surface area contributed by atoms with Gasteiger partial charge in [0, 0.05) is 37.0 Å². The van der Waals surface area contributed by atoms with Crippen LogP contribution >= 0.6 is 0 Å². The third-order valence-electron chi connectivity index (χ3n) is 5.18. The van der Waals surface area contributed by atoms with Crippen LogP contribution in [0.2, 0.25) is 0 Å². The fourth-order valence-corrected chi connectivity index (χ4v) is 3.45. The van der Waals surface area contributed by atoms with E-state index in [1.54, 1.807) is 13.3 Å². The molecule has 0 radical (unpaired) electrons. The number of aryl methyl sites for hydroxylation is 1. The summed E-state index contributed by atoms with van der Waals surface area (Å²) in [4.78, 5) is 29.1. The molecule has 0 saturated heterocycles. The molecule has 0 spiro atoms. The summed E-state index contributed by atoms with van der Waals surface area (Å²) in [6, 6.07) is 12.6. The van der Waals surface area contributed by atoms with E-state index in [2.05, 4.69) is 56.7 Å². The fourth-order valence-electron chi connectivity index (χ4n) is 3.45. The van der Waals surface area contributed by atoms with Crippen molar-refractivity contribution in [2.45, 2.75) is 38.9 Å². The summed E-state index contributed by atoms with van der Waals surface area (Å²) in [7, 11) is 1.67. The molecule has 9 nitrogen and oxygen atoms in total. The number of carbonyl (C=O) groups is 2. The number of nitrogens with zero attached hydrogens (tertiary/aromatic N) is 4. The van der Waals surface area contributed by atoms with Gasteiger partial charge in [0.1, 0.15) is 5.82 Å². The highest BCUT2D eigenvalue weighted by atomic mass is 19.4. The smallest absolute Gasteiger partial charge is 0.481 e. The number of aliphatic carboxylic acids is 2. The van der Waals surface area contributed by atoms with Gasteiger partial charge in [-0.15, -0.1) is 0 Å². The van der Waals surface area contributed by atoms with Gasteiger partial charge in [0.25, 0.3) is 0 Å². The van der Waals surface area contributed by atoms with Crippen LogP contribution in [0.3, 0.4) is 0 Å². The van der Waals surface area contributed by atoms with Crippen LogP contribution in [0.25, 0.3) is 11.3 Å². The van der Waals surface area contributed by atoms with Gasteiger partial charge in [0.15, 0.2) is 0 Å². The van der Waals surface area contributed by atoms with Crippen LogP contribution in [0, 0.1) is 6.92 Å². The van der Waals surface area contributed by atoms with E-state index in [9.17, 15) is 26.3 Å². The Morgan fingerprint density at radius 2 is 1.59 bits per heavy atom. The summed E-state index contributed by atoms with van der Waals surface area (Å²) in [6.07, 6.45) is -6.41.